The van der Waals surface area contributed by atoms with Crippen LogP contribution in [0.3, 0.4) is 0 Å². The van der Waals surface area contributed by atoms with Gasteiger partial charge in [0, 0.05) is 34.4 Å². The highest BCUT2D eigenvalue weighted by Crippen LogP contribution is 2.28. The van der Waals surface area contributed by atoms with Crippen molar-refractivity contribution in [2.24, 2.45) is 0 Å². The molecular weight excluding hydrogens is 512 g/mol. The summed E-state index contributed by atoms with van der Waals surface area (Å²) in [4.78, 5) is 19.7. The van der Waals surface area contributed by atoms with Gasteiger partial charge in [-0.05, 0) is 77.2 Å². The van der Waals surface area contributed by atoms with Crippen molar-refractivity contribution in [3.8, 4) is 11.5 Å². The number of ether oxygens (including phenoxy) is 2. The molecule has 0 spiro atoms. The maximum Gasteiger partial charge on any atom is 0.252 e. The lowest BCUT2D eigenvalue weighted by atomic mass is 10.1. The summed E-state index contributed by atoms with van der Waals surface area (Å²) in [5.41, 5.74) is 2.43. The fourth-order valence-corrected chi connectivity index (χ4v) is 5.50. The second-order valence-corrected chi connectivity index (χ2v) is 10.3. The summed E-state index contributed by atoms with van der Waals surface area (Å²) in [6.07, 6.45) is 0.772. The van der Waals surface area contributed by atoms with Crippen molar-refractivity contribution < 1.29 is 9.47 Å². The summed E-state index contributed by atoms with van der Waals surface area (Å²) in [6, 6.07) is 19.6. The maximum absolute atomic E-state index is 13.2. The SMILES string of the molecule is CCOc1ccc2[nH]c(=O)c(CN(Cc3cccs3)C(CC)c3nnnn3Cc3ccc(OC)cc3)cc2c1. The van der Waals surface area contributed by atoms with Crippen molar-refractivity contribution in [1.82, 2.24) is 30.1 Å². The van der Waals surface area contributed by atoms with E-state index in [0.717, 1.165) is 40.2 Å². The molecule has 3 heterocycles. The lowest BCUT2D eigenvalue weighted by Crippen LogP contribution is -2.32. The fraction of sp³-hybridized carbons (Fsp3) is 0.310. The Morgan fingerprint density at radius 3 is 2.59 bits per heavy atom. The van der Waals surface area contributed by atoms with Crippen LogP contribution in [0.15, 0.2) is 70.8 Å². The van der Waals surface area contributed by atoms with E-state index in [9.17, 15) is 4.79 Å². The molecule has 9 nitrogen and oxygen atoms in total. The first kappa shape index (κ1) is 26.6. The average Bonchev–Trinajstić information content (AvgIpc) is 3.63. The zero-order chi connectivity index (χ0) is 27.2. The minimum Gasteiger partial charge on any atom is -0.497 e. The zero-order valence-electron chi connectivity index (χ0n) is 22.3. The standard InChI is InChI=1S/C29H32N6O3S/c1-4-27(28-31-32-33-35(28)17-20-8-10-23(37-3)11-9-20)34(19-25-7-6-14-39-25)18-22-15-21-16-24(38-5-2)12-13-26(21)30-29(22)36/h6-16,27H,4-5,17-19H2,1-3H3,(H,30,36). The first-order valence-corrected chi connectivity index (χ1v) is 13.9. The second kappa shape index (κ2) is 12.2. The molecule has 5 aromatic rings. The van der Waals surface area contributed by atoms with E-state index in [1.54, 1.807) is 18.4 Å². The molecule has 1 N–H and O–H groups in total. The molecule has 3 aromatic heterocycles. The van der Waals surface area contributed by atoms with Crippen LogP contribution in [0.1, 0.15) is 48.1 Å². The minimum atomic E-state index is -0.106. The molecule has 2 aromatic carbocycles. The fourth-order valence-electron chi connectivity index (χ4n) is 4.77. The maximum atomic E-state index is 13.2. The molecule has 0 saturated carbocycles. The number of aromatic amines is 1. The van der Waals surface area contributed by atoms with Crippen molar-refractivity contribution in [2.75, 3.05) is 13.7 Å². The Bertz CT molecular complexity index is 1560. The first-order chi connectivity index (χ1) is 19.1. The molecule has 1 unspecified atom stereocenters. The summed E-state index contributed by atoms with van der Waals surface area (Å²) in [5, 5.41) is 15.8. The third-order valence-corrected chi connectivity index (χ3v) is 7.55. The Balaban J connectivity index is 1.48. The molecule has 0 radical (unpaired) electrons. The monoisotopic (exact) mass is 544 g/mol. The van der Waals surface area contributed by atoms with E-state index >= 15 is 0 Å². The van der Waals surface area contributed by atoms with Crippen LogP contribution in [0.25, 0.3) is 10.9 Å². The van der Waals surface area contributed by atoms with E-state index in [2.05, 4.69) is 43.8 Å². The van der Waals surface area contributed by atoms with Gasteiger partial charge in [-0.15, -0.1) is 16.4 Å². The summed E-state index contributed by atoms with van der Waals surface area (Å²) < 4.78 is 12.8. The van der Waals surface area contributed by atoms with Gasteiger partial charge in [0.1, 0.15) is 11.5 Å². The number of hydrogen-bond donors (Lipinski definition) is 1. The van der Waals surface area contributed by atoms with Gasteiger partial charge in [0.2, 0.25) is 0 Å². The normalized spacial score (nSPS) is 12.2. The Morgan fingerprint density at radius 2 is 1.87 bits per heavy atom. The van der Waals surface area contributed by atoms with Gasteiger partial charge in [-0.3, -0.25) is 9.69 Å². The summed E-state index contributed by atoms with van der Waals surface area (Å²) in [6.45, 7) is 6.31. The van der Waals surface area contributed by atoms with Gasteiger partial charge in [-0.1, -0.05) is 25.1 Å². The third-order valence-electron chi connectivity index (χ3n) is 6.69. The Labute approximate surface area is 231 Å². The number of H-pyrrole nitrogens is 1. The number of methoxy groups -OCH3 is 1. The molecule has 10 heteroatoms. The van der Waals surface area contributed by atoms with Crippen molar-refractivity contribution in [1.29, 1.82) is 0 Å². The summed E-state index contributed by atoms with van der Waals surface area (Å²) in [7, 11) is 1.65. The van der Waals surface area contributed by atoms with Crippen LogP contribution >= 0.6 is 11.3 Å². The summed E-state index contributed by atoms with van der Waals surface area (Å²) in [5.74, 6) is 2.35. The lowest BCUT2D eigenvalue weighted by Gasteiger charge is -2.30. The topological polar surface area (TPSA) is 98.2 Å². The highest BCUT2D eigenvalue weighted by Gasteiger charge is 2.26. The van der Waals surface area contributed by atoms with Gasteiger partial charge in [-0.2, -0.15) is 0 Å². The van der Waals surface area contributed by atoms with Gasteiger partial charge in [0.05, 0.1) is 26.3 Å². The largest absolute Gasteiger partial charge is 0.497 e. The number of aromatic nitrogens is 5. The van der Waals surface area contributed by atoms with Crippen LogP contribution in [0.5, 0.6) is 11.5 Å². The van der Waals surface area contributed by atoms with Crippen molar-refractivity contribution >= 4 is 22.2 Å². The van der Waals surface area contributed by atoms with E-state index < -0.39 is 0 Å². The van der Waals surface area contributed by atoms with Gasteiger partial charge in [-0.25, -0.2) is 4.68 Å². The van der Waals surface area contributed by atoms with Crippen LogP contribution in [0, 0.1) is 0 Å². The van der Waals surface area contributed by atoms with Crippen LogP contribution in [0.2, 0.25) is 0 Å². The number of tetrazole rings is 1. The summed E-state index contributed by atoms with van der Waals surface area (Å²) >= 11 is 1.70. The Morgan fingerprint density at radius 1 is 1.05 bits per heavy atom. The van der Waals surface area contributed by atoms with Crippen molar-refractivity contribution in [3.63, 3.8) is 0 Å². The predicted octanol–water partition coefficient (Wildman–Crippen LogP) is 5.19. The number of nitrogens with zero attached hydrogens (tertiary/aromatic N) is 5. The highest BCUT2D eigenvalue weighted by molar-refractivity contribution is 7.09. The number of benzene rings is 2. The molecular formula is C29H32N6O3S. The van der Waals surface area contributed by atoms with Crippen LogP contribution in [0.4, 0.5) is 0 Å². The quantitative estimate of drug-likeness (QED) is 0.231. The smallest absolute Gasteiger partial charge is 0.252 e. The van der Waals surface area contributed by atoms with Crippen LogP contribution < -0.4 is 15.0 Å². The molecule has 0 amide bonds. The minimum absolute atomic E-state index is 0.101. The molecule has 0 saturated heterocycles. The molecule has 202 valence electrons. The van der Waals surface area contributed by atoms with Gasteiger partial charge in [0.25, 0.3) is 5.56 Å². The molecule has 0 aliphatic rings. The molecule has 0 aliphatic heterocycles. The Kier molecular flexibility index (Phi) is 8.33. The first-order valence-electron chi connectivity index (χ1n) is 13.0. The number of thiophene rings is 1. The number of nitrogens with one attached hydrogen (secondary N) is 1. The highest BCUT2D eigenvalue weighted by atomic mass is 32.1. The van der Waals surface area contributed by atoms with Crippen molar-refractivity contribution in [2.45, 2.75) is 45.9 Å². The molecule has 39 heavy (non-hydrogen) atoms. The zero-order valence-corrected chi connectivity index (χ0v) is 23.1. The van der Waals surface area contributed by atoms with E-state index in [1.165, 1.54) is 4.88 Å². The predicted molar refractivity (Wildman–Crippen MR) is 152 cm³/mol. The number of hydrogen-bond acceptors (Lipinski definition) is 8. The Hall–Kier alpha value is -4.02. The van der Waals surface area contributed by atoms with E-state index in [4.69, 9.17) is 9.47 Å². The lowest BCUT2D eigenvalue weighted by molar-refractivity contribution is 0.163. The van der Waals surface area contributed by atoms with Crippen LogP contribution in [-0.2, 0) is 19.6 Å². The number of rotatable bonds is 12. The average molecular weight is 545 g/mol. The third kappa shape index (κ3) is 6.18. The van der Waals surface area contributed by atoms with Gasteiger partial charge >= 0.3 is 0 Å². The van der Waals surface area contributed by atoms with E-state index in [1.807, 2.05) is 66.2 Å². The second-order valence-electron chi connectivity index (χ2n) is 9.26. The van der Waals surface area contributed by atoms with Crippen molar-refractivity contribution in [3.05, 3.63) is 98.2 Å². The molecule has 0 bridgehead atoms. The van der Waals surface area contributed by atoms with Gasteiger partial charge in [0.15, 0.2) is 5.82 Å². The van der Waals surface area contributed by atoms with E-state index in [0.29, 0.717) is 31.8 Å². The van der Waals surface area contributed by atoms with E-state index in [-0.39, 0.29) is 11.6 Å². The molecule has 5 rings (SSSR count). The van der Waals surface area contributed by atoms with Gasteiger partial charge < -0.3 is 14.5 Å². The number of pyridine rings is 1. The van der Waals surface area contributed by atoms with Crippen LogP contribution in [-0.4, -0.2) is 43.8 Å². The molecule has 0 fully saturated rings. The number of fused-ring (bicyclic) bond motifs is 1. The molecule has 1 atom stereocenters. The molecule has 0 aliphatic carbocycles.